The topological polar surface area (TPSA) is 93.7 Å². The Balaban J connectivity index is 1.28. The van der Waals surface area contributed by atoms with Crippen LogP contribution in [0.25, 0.3) is 0 Å². The van der Waals surface area contributed by atoms with E-state index in [4.69, 9.17) is 9.47 Å². The highest BCUT2D eigenvalue weighted by Crippen LogP contribution is 2.41. The molecule has 0 spiro atoms. The molecule has 30 heavy (non-hydrogen) atoms. The standard InChI is InChI=1S/C22H26N2O5S/c1-22(2)14-16-4-3-5-19(20(16)29-22)28-13-12-23-21(25)15-6-10-18(11-7-15)30(26,27)24-17-8-9-17/h3-7,10-11,17,24H,8-9,12-14H2,1-2H3,(H,23,25). The average molecular weight is 431 g/mol. The van der Waals surface area contributed by atoms with E-state index in [1.807, 2.05) is 32.0 Å². The molecular weight excluding hydrogens is 404 g/mol. The number of sulfonamides is 1. The largest absolute Gasteiger partial charge is 0.488 e. The Morgan fingerprint density at radius 3 is 2.60 bits per heavy atom. The third-order valence-electron chi connectivity index (χ3n) is 5.03. The SMILES string of the molecule is CC1(C)Cc2cccc(OCCNC(=O)c3ccc(S(=O)(=O)NC4CC4)cc3)c2O1. The van der Waals surface area contributed by atoms with Gasteiger partial charge in [-0.1, -0.05) is 12.1 Å². The Morgan fingerprint density at radius 2 is 1.90 bits per heavy atom. The van der Waals surface area contributed by atoms with Crippen LogP contribution in [0.4, 0.5) is 0 Å². The van der Waals surface area contributed by atoms with Gasteiger partial charge in [0, 0.05) is 23.6 Å². The van der Waals surface area contributed by atoms with Crippen molar-refractivity contribution < 1.29 is 22.7 Å². The first-order valence-electron chi connectivity index (χ1n) is 10.1. The van der Waals surface area contributed by atoms with Crippen molar-refractivity contribution >= 4 is 15.9 Å². The monoisotopic (exact) mass is 430 g/mol. The fourth-order valence-electron chi connectivity index (χ4n) is 3.40. The molecule has 7 nitrogen and oxygen atoms in total. The van der Waals surface area contributed by atoms with Crippen LogP contribution in [0, 0.1) is 0 Å². The summed E-state index contributed by atoms with van der Waals surface area (Å²) >= 11 is 0. The van der Waals surface area contributed by atoms with Crippen LogP contribution in [-0.4, -0.2) is 39.1 Å². The molecule has 0 radical (unpaired) electrons. The molecule has 0 saturated heterocycles. The molecule has 2 aliphatic rings. The highest BCUT2D eigenvalue weighted by atomic mass is 32.2. The van der Waals surface area contributed by atoms with Gasteiger partial charge in [0.15, 0.2) is 11.5 Å². The van der Waals surface area contributed by atoms with Gasteiger partial charge in [-0.3, -0.25) is 4.79 Å². The number of rotatable bonds is 8. The summed E-state index contributed by atoms with van der Waals surface area (Å²) in [6, 6.07) is 11.8. The molecule has 2 aromatic carbocycles. The van der Waals surface area contributed by atoms with E-state index in [0.29, 0.717) is 24.5 Å². The molecule has 160 valence electrons. The molecule has 0 aromatic heterocycles. The fourth-order valence-corrected chi connectivity index (χ4v) is 4.71. The van der Waals surface area contributed by atoms with Gasteiger partial charge in [-0.15, -0.1) is 0 Å². The molecule has 1 aliphatic carbocycles. The number of amides is 1. The van der Waals surface area contributed by atoms with Crippen LogP contribution < -0.4 is 19.5 Å². The molecule has 1 saturated carbocycles. The zero-order chi connectivity index (χ0) is 21.4. The molecule has 8 heteroatoms. The molecule has 4 rings (SSSR count). The fraction of sp³-hybridized carbons (Fsp3) is 0.409. The van der Waals surface area contributed by atoms with E-state index >= 15 is 0 Å². The van der Waals surface area contributed by atoms with Crippen LogP contribution >= 0.6 is 0 Å². The molecule has 2 N–H and O–H groups in total. The number of para-hydroxylation sites is 1. The minimum absolute atomic E-state index is 0.0419. The summed E-state index contributed by atoms with van der Waals surface area (Å²) < 4.78 is 38.8. The summed E-state index contributed by atoms with van der Waals surface area (Å²) in [6.07, 6.45) is 2.58. The van der Waals surface area contributed by atoms with Gasteiger partial charge in [-0.25, -0.2) is 13.1 Å². The Bertz CT molecular complexity index is 1040. The van der Waals surface area contributed by atoms with E-state index < -0.39 is 10.0 Å². The van der Waals surface area contributed by atoms with Crippen molar-refractivity contribution in [2.45, 2.75) is 49.6 Å². The number of hydrogen-bond acceptors (Lipinski definition) is 5. The van der Waals surface area contributed by atoms with Crippen LogP contribution in [0.1, 0.15) is 42.6 Å². The second-order valence-corrected chi connectivity index (χ2v) is 10.0. The van der Waals surface area contributed by atoms with Crippen molar-refractivity contribution in [1.82, 2.24) is 10.0 Å². The Kier molecular flexibility index (Phi) is 5.46. The summed E-state index contributed by atoms with van der Waals surface area (Å²) in [4.78, 5) is 12.5. The first-order valence-corrected chi connectivity index (χ1v) is 11.6. The lowest BCUT2D eigenvalue weighted by Crippen LogP contribution is -2.28. The molecule has 1 aliphatic heterocycles. The van der Waals surface area contributed by atoms with Gasteiger partial charge in [0.1, 0.15) is 12.2 Å². The predicted octanol–water partition coefficient (Wildman–Crippen LogP) is 2.65. The maximum atomic E-state index is 12.3. The minimum Gasteiger partial charge on any atom is -0.488 e. The summed E-state index contributed by atoms with van der Waals surface area (Å²) in [6.45, 7) is 4.68. The Hall–Kier alpha value is -2.58. The van der Waals surface area contributed by atoms with Gasteiger partial charge in [-0.05, 0) is 57.0 Å². The van der Waals surface area contributed by atoms with Gasteiger partial charge in [0.2, 0.25) is 10.0 Å². The number of ether oxygens (including phenoxy) is 2. The quantitative estimate of drug-likeness (QED) is 0.628. The van der Waals surface area contributed by atoms with Gasteiger partial charge in [0.25, 0.3) is 5.91 Å². The van der Waals surface area contributed by atoms with Crippen molar-refractivity contribution in [3.63, 3.8) is 0 Å². The smallest absolute Gasteiger partial charge is 0.251 e. The van der Waals surface area contributed by atoms with E-state index in [1.54, 1.807) is 0 Å². The van der Waals surface area contributed by atoms with Crippen LogP contribution in [-0.2, 0) is 16.4 Å². The third kappa shape index (κ3) is 4.76. The third-order valence-corrected chi connectivity index (χ3v) is 6.56. The van der Waals surface area contributed by atoms with Crippen molar-refractivity contribution in [2.75, 3.05) is 13.2 Å². The van der Waals surface area contributed by atoms with Crippen LogP contribution in [0.3, 0.4) is 0 Å². The predicted molar refractivity (Wildman–Crippen MR) is 112 cm³/mol. The molecule has 2 aromatic rings. The number of fused-ring (bicyclic) bond motifs is 1. The molecule has 1 amide bonds. The van der Waals surface area contributed by atoms with Gasteiger partial charge < -0.3 is 14.8 Å². The van der Waals surface area contributed by atoms with Crippen LogP contribution in [0.2, 0.25) is 0 Å². The van der Waals surface area contributed by atoms with Gasteiger partial charge >= 0.3 is 0 Å². The number of nitrogens with one attached hydrogen (secondary N) is 2. The van der Waals surface area contributed by atoms with Gasteiger partial charge in [0.05, 0.1) is 11.4 Å². The average Bonchev–Trinajstić information content (AvgIpc) is 3.43. The number of hydrogen-bond donors (Lipinski definition) is 2. The molecule has 0 bridgehead atoms. The molecule has 0 unspecified atom stereocenters. The molecule has 0 atom stereocenters. The molecule has 1 heterocycles. The lowest BCUT2D eigenvalue weighted by molar-refractivity contribution is 0.0946. The number of carbonyl (C=O) groups is 1. The second-order valence-electron chi connectivity index (χ2n) is 8.31. The summed E-state index contributed by atoms with van der Waals surface area (Å²) in [7, 11) is -3.52. The van der Waals surface area contributed by atoms with E-state index in [0.717, 1.165) is 30.6 Å². The first kappa shape index (κ1) is 20.7. The highest BCUT2D eigenvalue weighted by molar-refractivity contribution is 7.89. The zero-order valence-corrected chi connectivity index (χ0v) is 17.9. The Morgan fingerprint density at radius 1 is 1.17 bits per heavy atom. The van der Waals surface area contributed by atoms with Crippen molar-refractivity contribution in [2.24, 2.45) is 0 Å². The van der Waals surface area contributed by atoms with E-state index in [1.165, 1.54) is 24.3 Å². The zero-order valence-electron chi connectivity index (χ0n) is 17.1. The lowest BCUT2D eigenvalue weighted by atomic mass is 10.0. The molecular formula is C22H26N2O5S. The maximum Gasteiger partial charge on any atom is 0.251 e. The summed E-state index contributed by atoms with van der Waals surface area (Å²) in [5.41, 5.74) is 1.27. The van der Waals surface area contributed by atoms with Crippen LogP contribution in [0.15, 0.2) is 47.4 Å². The van der Waals surface area contributed by atoms with Crippen molar-refractivity contribution in [3.05, 3.63) is 53.6 Å². The first-order chi connectivity index (χ1) is 14.2. The van der Waals surface area contributed by atoms with E-state index in [2.05, 4.69) is 10.0 Å². The maximum absolute atomic E-state index is 12.3. The highest BCUT2D eigenvalue weighted by Gasteiger charge is 2.32. The normalized spacial score (nSPS) is 17.1. The van der Waals surface area contributed by atoms with E-state index in [-0.39, 0.29) is 22.4 Å². The lowest BCUT2D eigenvalue weighted by Gasteiger charge is -2.18. The van der Waals surface area contributed by atoms with Crippen molar-refractivity contribution in [3.8, 4) is 11.5 Å². The number of benzene rings is 2. The minimum atomic E-state index is -3.52. The summed E-state index contributed by atoms with van der Waals surface area (Å²) in [5, 5.41) is 2.78. The Labute approximate surface area is 176 Å². The van der Waals surface area contributed by atoms with Gasteiger partial charge in [-0.2, -0.15) is 0 Å². The van der Waals surface area contributed by atoms with Crippen LogP contribution in [0.5, 0.6) is 11.5 Å². The molecule has 1 fully saturated rings. The summed E-state index contributed by atoms with van der Waals surface area (Å²) in [5.74, 6) is 1.16. The van der Waals surface area contributed by atoms with Crippen molar-refractivity contribution in [1.29, 1.82) is 0 Å². The second kappa shape index (κ2) is 7.92. The van der Waals surface area contributed by atoms with E-state index in [9.17, 15) is 13.2 Å². The number of carbonyl (C=O) groups excluding carboxylic acids is 1.